The summed E-state index contributed by atoms with van der Waals surface area (Å²) in [5.74, 6) is -2.71. The van der Waals surface area contributed by atoms with E-state index in [9.17, 15) is 19.2 Å². The fourth-order valence-corrected chi connectivity index (χ4v) is 4.45. The van der Waals surface area contributed by atoms with Gasteiger partial charge in [-0.2, -0.15) is 11.8 Å². The zero-order valence-electron chi connectivity index (χ0n) is 21.8. The molecule has 0 spiro atoms. The lowest BCUT2D eigenvalue weighted by Crippen LogP contribution is -2.56. The highest BCUT2D eigenvalue weighted by molar-refractivity contribution is 7.99. The fourth-order valence-electron chi connectivity index (χ4n) is 3.98. The number of carbonyl (C=O) groups is 4. The van der Waals surface area contributed by atoms with Crippen molar-refractivity contribution in [1.82, 2.24) is 21.3 Å². The topological polar surface area (TPSA) is 126 Å². The SMILES string of the molecule is C=C1CNC(=O)[C@@H](C(C)C)NC(=O)C2/C(=C/CC)[C@@H]2OC(=O)[C@H](C(C)C)NC(=O)C(C(C)SC)N1. The van der Waals surface area contributed by atoms with Gasteiger partial charge in [-0.25, -0.2) is 4.79 Å². The van der Waals surface area contributed by atoms with E-state index >= 15 is 0 Å². The van der Waals surface area contributed by atoms with Crippen molar-refractivity contribution in [2.45, 2.75) is 77.4 Å². The maximum atomic E-state index is 13.2. The van der Waals surface area contributed by atoms with Crippen molar-refractivity contribution < 1.29 is 23.9 Å². The largest absolute Gasteiger partial charge is 0.455 e. The third-order valence-corrected chi connectivity index (χ3v) is 7.29. The molecule has 4 N–H and O–H groups in total. The van der Waals surface area contributed by atoms with Gasteiger partial charge in [-0.1, -0.05) is 54.2 Å². The average Bonchev–Trinajstić information content (AvgIpc) is 3.47. The molecule has 1 saturated carbocycles. The fraction of sp³-hybridized carbons (Fsp3) is 0.680. The minimum atomic E-state index is -0.877. The lowest BCUT2D eigenvalue weighted by atomic mass is 10.0. The van der Waals surface area contributed by atoms with E-state index in [4.69, 9.17) is 4.74 Å². The van der Waals surface area contributed by atoms with Crippen LogP contribution in [0.3, 0.4) is 0 Å². The summed E-state index contributed by atoms with van der Waals surface area (Å²) in [7, 11) is 0. The minimum Gasteiger partial charge on any atom is -0.455 e. The van der Waals surface area contributed by atoms with Gasteiger partial charge in [0.25, 0.3) is 0 Å². The second kappa shape index (κ2) is 12.5. The molecule has 2 aliphatic rings. The first-order valence-electron chi connectivity index (χ1n) is 12.2. The molecule has 35 heavy (non-hydrogen) atoms. The van der Waals surface area contributed by atoms with Crippen molar-refractivity contribution >= 4 is 35.5 Å². The van der Waals surface area contributed by atoms with Gasteiger partial charge in [0.15, 0.2) is 0 Å². The van der Waals surface area contributed by atoms with Gasteiger partial charge < -0.3 is 26.0 Å². The average molecular weight is 509 g/mol. The van der Waals surface area contributed by atoms with Crippen molar-refractivity contribution in [2.75, 3.05) is 12.8 Å². The lowest BCUT2D eigenvalue weighted by Gasteiger charge is -2.29. The molecule has 9 nitrogen and oxygen atoms in total. The number of hydrogen-bond donors (Lipinski definition) is 4. The van der Waals surface area contributed by atoms with Gasteiger partial charge in [0, 0.05) is 10.9 Å². The number of hydrogen-bond acceptors (Lipinski definition) is 7. The number of carbonyl (C=O) groups excluding carboxylic acids is 4. The molecule has 10 heteroatoms. The van der Waals surface area contributed by atoms with Crippen molar-refractivity contribution in [3.05, 3.63) is 23.9 Å². The molecular formula is C25H40N4O5S. The Morgan fingerprint density at radius 3 is 2.09 bits per heavy atom. The van der Waals surface area contributed by atoms with Crippen molar-refractivity contribution in [2.24, 2.45) is 17.8 Å². The van der Waals surface area contributed by atoms with Crippen LogP contribution >= 0.6 is 11.8 Å². The van der Waals surface area contributed by atoms with Crippen LogP contribution in [0.25, 0.3) is 0 Å². The molecule has 0 radical (unpaired) electrons. The van der Waals surface area contributed by atoms with Crippen LogP contribution in [0.2, 0.25) is 0 Å². The highest BCUT2D eigenvalue weighted by Gasteiger charge is 2.53. The summed E-state index contributed by atoms with van der Waals surface area (Å²) in [6, 6.07) is -2.32. The summed E-state index contributed by atoms with van der Waals surface area (Å²) < 4.78 is 5.72. The van der Waals surface area contributed by atoms with Crippen LogP contribution in [-0.2, 0) is 23.9 Å². The van der Waals surface area contributed by atoms with E-state index in [1.165, 1.54) is 11.8 Å². The normalized spacial score (nSPS) is 30.7. The Morgan fingerprint density at radius 2 is 1.54 bits per heavy atom. The third kappa shape index (κ3) is 7.25. The maximum Gasteiger partial charge on any atom is 0.329 e. The van der Waals surface area contributed by atoms with E-state index < -0.39 is 36.1 Å². The molecule has 6 atom stereocenters. The highest BCUT2D eigenvalue weighted by atomic mass is 32.2. The second-order valence-electron chi connectivity index (χ2n) is 9.79. The molecule has 2 fully saturated rings. The molecule has 0 aromatic carbocycles. The Bertz CT molecular complexity index is 872. The number of nitrogens with one attached hydrogen (secondary N) is 4. The molecule has 2 rings (SSSR count). The summed E-state index contributed by atoms with van der Waals surface area (Å²) in [6.45, 7) is 15.2. The first kappa shape index (κ1) is 28.7. The molecule has 3 unspecified atom stereocenters. The van der Waals surface area contributed by atoms with Crippen molar-refractivity contribution in [3.8, 4) is 0 Å². The van der Waals surface area contributed by atoms with Gasteiger partial charge in [0.05, 0.1) is 6.54 Å². The Balaban J connectivity index is 2.41. The first-order valence-corrected chi connectivity index (χ1v) is 13.5. The molecule has 0 aromatic rings. The van der Waals surface area contributed by atoms with Gasteiger partial charge in [-0.3, -0.25) is 14.4 Å². The first-order chi connectivity index (χ1) is 16.4. The summed E-state index contributed by atoms with van der Waals surface area (Å²) in [5, 5.41) is 11.4. The van der Waals surface area contributed by atoms with Gasteiger partial charge in [0.2, 0.25) is 17.7 Å². The van der Waals surface area contributed by atoms with Crippen molar-refractivity contribution in [3.63, 3.8) is 0 Å². The maximum absolute atomic E-state index is 13.2. The van der Waals surface area contributed by atoms with E-state index in [-0.39, 0.29) is 41.4 Å². The molecule has 1 aliphatic carbocycles. The standard InChI is InChI=1S/C25H40N4O5S/c1-9-10-16-17-21(16)34-25(33)19(13(4)5)29-24(32)20(15(7)35-8)27-14(6)11-26-23(31)18(12(2)3)28-22(17)30/h10,12-13,15,17-21,27H,6,9,11H2,1-5,7-8H3,(H,26,31)(H,28,30)(H,29,32)/b16-10-/t15?,17?,18-,19+,20?,21+/m1/s1. The van der Waals surface area contributed by atoms with Crippen LogP contribution in [-0.4, -0.2) is 66.0 Å². The predicted molar refractivity (Wildman–Crippen MR) is 137 cm³/mol. The Labute approximate surface area is 212 Å². The number of ether oxygens (including phenoxy) is 1. The zero-order valence-corrected chi connectivity index (χ0v) is 22.6. The Hall–Kier alpha value is -2.49. The number of fused-ring (bicyclic) bond motifs is 1. The van der Waals surface area contributed by atoms with Crippen LogP contribution < -0.4 is 21.3 Å². The van der Waals surface area contributed by atoms with Gasteiger partial charge in [-0.05, 0) is 30.1 Å². The molecule has 1 saturated heterocycles. The van der Waals surface area contributed by atoms with Gasteiger partial charge in [0.1, 0.15) is 30.1 Å². The Morgan fingerprint density at radius 1 is 0.943 bits per heavy atom. The quantitative estimate of drug-likeness (QED) is 0.328. The van der Waals surface area contributed by atoms with E-state index in [2.05, 4.69) is 27.8 Å². The minimum absolute atomic E-state index is 0.0888. The lowest BCUT2D eigenvalue weighted by molar-refractivity contribution is -0.151. The summed E-state index contributed by atoms with van der Waals surface area (Å²) in [5.41, 5.74) is 1.16. The number of esters is 1. The van der Waals surface area contributed by atoms with Crippen LogP contribution in [0.4, 0.5) is 0 Å². The summed E-state index contributed by atoms with van der Waals surface area (Å²) >= 11 is 1.49. The Kier molecular flexibility index (Phi) is 10.2. The van der Waals surface area contributed by atoms with E-state index in [1.807, 2.05) is 53.9 Å². The third-order valence-electron chi connectivity index (χ3n) is 6.27. The second-order valence-corrected chi connectivity index (χ2v) is 11.0. The van der Waals surface area contributed by atoms with Crippen LogP contribution in [0, 0.1) is 17.8 Å². The van der Waals surface area contributed by atoms with Gasteiger partial charge in [-0.15, -0.1) is 0 Å². The number of allylic oxidation sites excluding steroid dienone is 1. The molecule has 1 aliphatic heterocycles. The molecule has 196 valence electrons. The van der Waals surface area contributed by atoms with E-state index in [0.29, 0.717) is 17.7 Å². The van der Waals surface area contributed by atoms with Crippen LogP contribution in [0.15, 0.2) is 23.9 Å². The molecule has 0 bridgehead atoms. The number of amides is 3. The van der Waals surface area contributed by atoms with E-state index in [1.54, 1.807) is 0 Å². The molecule has 0 aromatic heterocycles. The number of rotatable bonds is 5. The van der Waals surface area contributed by atoms with Gasteiger partial charge >= 0.3 is 5.97 Å². The summed E-state index contributed by atoms with van der Waals surface area (Å²) in [6.07, 6.45) is 3.73. The van der Waals surface area contributed by atoms with Crippen LogP contribution in [0.1, 0.15) is 48.0 Å². The molecule has 3 amide bonds. The zero-order chi connectivity index (χ0) is 26.4. The van der Waals surface area contributed by atoms with E-state index in [0.717, 1.165) is 0 Å². The van der Waals surface area contributed by atoms with Crippen LogP contribution in [0.5, 0.6) is 0 Å². The molecule has 1 heterocycles. The smallest absolute Gasteiger partial charge is 0.329 e. The number of thioether (sulfide) groups is 1. The monoisotopic (exact) mass is 508 g/mol. The molecular weight excluding hydrogens is 468 g/mol. The highest BCUT2D eigenvalue weighted by Crippen LogP contribution is 2.42. The summed E-state index contributed by atoms with van der Waals surface area (Å²) in [4.78, 5) is 52.3. The predicted octanol–water partition coefficient (Wildman–Crippen LogP) is 1.50. The van der Waals surface area contributed by atoms with Crippen molar-refractivity contribution in [1.29, 1.82) is 0 Å².